The quantitative estimate of drug-likeness (QED) is 0.667. The number of anilines is 1. The van der Waals surface area contributed by atoms with Crippen molar-refractivity contribution < 1.29 is 18.0 Å². The summed E-state index contributed by atoms with van der Waals surface area (Å²) in [4.78, 5) is 25.5. The highest BCUT2D eigenvalue weighted by Gasteiger charge is 2.33. The second-order valence-corrected chi connectivity index (χ2v) is 10.8. The van der Waals surface area contributed by atoms with Crippen LogP contribution in [0.4, 0.5) is 5.69 Å². The Hall–Kier alpha value is -2.42. The monoisotopic (exact) mass is 475 g/mol. The summed E-state index contributed by atoms with van der Waals surface area (Å²) < 4.78 is 27.4. The summed E-state index contributed by atoms with van der Waals surface area (Å²) in [6.45, 7) is 2.33. The van der Waals surface area contributed by atoms with Crippen LogP contribution in [0.2, 0.25) is 5.02 Å². The van der Waals surface area contributed by atoms with E-state index in [9.17, 15) is 18.0 Å². The van der Waals surface area contributed by atoms with Crippen molar-refractivity contribution in [2.24, 2.45) is 5.92 Å². The molecule has 1 atom stereocenters. The summed E-state index contributed by atoms with van der Waals surface area (Å²) in [5.74, 6) is -0.876. The lowest BCUT2D eigenvalue weighted by Crippen LogP contribution is -2.43. The molecule has 1 aliphatic heterocycles. The first kappa shape index (κ1) is 22.8. The summed E-state index contributed by atoms with van der Waals surface area (Å²) in [5, 5.41) is 6.31. The van der Waals surface area contributed by atoms with Gasteiger partial charge >= 0.3 is 0 Å². The molecule has 2 amide bonds. The molecule has 4 rings (SSSR count). The molecule has 1 unspecified atom stereocenters. The van der Waals surface area contributed by atoms with Gasteiger partial charge in [-0.3, -0.25) is 9.59 Å². The van der Waals surface area contributed by atoms with Crippen LogP contribution in [-0.4, -0.2) is 43.7 Å². The SMILES string of the molecule is Cc1ccc(C(=O)NC2CC2)cc1NC(=O)C1CCCN(S(=O)(=O)c2ccc(Cl)cc2)C1. The number of nitrogens with zero attached hydrogens (tertiary/aromatic N) is 1. The number of carbonyl (C=O) groups excluding carboxylic acids is 2. The number of piperidine rings is 1. The zero-order valence-electron chi connectivity index (χ0n) is 17.8. The normalized spacial score (nSPS) is 19.4. The van der Waals surface area contributed by atoms with Crippen molar-refractivity contribution in [2.45, 2.75) is 43.5 Å². The highest BCUT2D eigenvalue weighted by atomic mass is 35.5. The molecule has 2 fully saturated rings. The minimum Gasteiger partial charge on any atom is -0.349 e. The van der Waals surface area contributed by atoms with E-state index < -0.39 is 15.9 Å². The number of sulfonamides is 1. The third-order valence-corrected chi connectivity index (χ3v) is 8.01. The molecule has 1 heterocycles. The molecule has 170 valence electrons. The highest BCUT2D eigenvalue weighted by Crippen LogP contribution is 2.27. The number of amides is 2. The molecule has 1 aliphatic carbocycles. The summed E-state index contributed by atoms with van der Waals surface area (Å²) in [5.41, 5.74) is 1.90. The average Bonchev–Trinajstić information content (AvgIpc) is 3.59. The maximum Gasteiger partial charge on any atom is 0.251 e. The van der Waals surface area contributed by atoms with Crippen molar-refractivity contribution in [2.75, 3.05) is 18.4 Å². The third kappa shape index (κ3) is 5.14. The molecule has 0 bridgehead atoms. The van der Waals surface area contributed by atoms with Gasteiger partial charge in [-0.25, -0.2) is 8.42 Å². The van der Waals surface area contributed by atoms with E-state index in [0.717, 1.165) is 18.4 Å². The van der Waals surface area contributed by atoms with E-state index >= 15 is 0 Å². The first-order valence-electron chi connectivity index (χ1n) is 10.7. The molecule has 0 aromatic heterocycles. The summed E-state index contributed by atoms with van der Waals surface area (Å²) >= 11 is 5.87. The summed E-state index contributed by atoms with van der Waals surface area (Å²) in [6.07, 6.45) is 3.18. The predicted molar refractivity (Wildman–Crippen MR) is 123 cm³/mol. The van der Waals surface area contributed by atoms with E-state index in [-0.39, 0.29) is 29.3 Å². The van der Waals surface area contributed by atoms with E-state index in [4.69, 9.17) is 11.6 Å². The van der Waals surface area contributed by atoms with Crippen LogP contribution in [0, 0.1) is 12.8 Å². The second kappa shape index (κ2) is 9.21. The molecule has 7 nitrogen and oxygen atoms in total. The Labute approximate surface area is 193 Å². The van der Waals surface area contributed by atoms with Crippen molar-refractivity contribution in [3.8, 4) is 0 Å². The van der Waals surface area contributed by atoms with E-state index in [0.29, 0.717) is 35.7 Å². The lowest BCUT2D eigenvalue weighted by atomic mass is 9.98. The van der Waals surface area contributed by atoms with Gasteiger partial charge in [0.2, 0.25) is 15.9 Å². The molecule has 1 saturated heterocycles. The Balaban J connectivity index is 1.45. The number of aryl methyl sites for hydroxylation is 1. The Bertz CT molecular complexity index is 1130. The number of nitrogens with one attached hydrogen (secondary N) is 2. The maximum absolute atomic E-state index is 13.0. The zero-order valence-corrected chi connectivity index (χ0v) is 19.4. The second-order valence-electron chi connectivity index (χ2n) is 8.42. The van der Waals surface area contributed by atoms with Crippen LogP contribution in [0.1, 0.15) is 41.6 Å². The van der Waals surface area contributed by atoms with Crippen molar-refractivity contribution in [3.05, 3.63) is 58.6 Å². The van der Waals surface area contributed by atoms with Crippen molar-refractivity contribution >= 4 is 39.1 Å². The molecular formula is C23H26ClN3O4S. The first-order valence-corrected chi connectivity index (χ1v) is 12.5. The van der Waals surface area contributed by atoms with E-state index in [1.54, 1.807) is 18.2 Å². The fourth-order valence-electron chi connectivity index (χ4n) is 3.76. The first-order chi connectivity index (χ1) is 15.2. The topological polar surface area (TPSA) is 95.6 Å². The minimum atomic E-state index is -3.71. The van der Waals surface area contributed by atoms with Gasteiger partial charge in [0.15, 0.2) is 0 Å². The molecule has 2 N–H and O–H groups in total. The van der Waals surface area contributed by atoms with Gasteiger partial charge in [-0.2, -0.15) is 4.31 Å². The lowest BCUT2D eigenvalue weighted by molar-refractivity contribution is -0.120. The van der Waals surface area contributed by atoms with Gasteiger partial charge in [-0.15, -0.1) is 0 Å². The van der Waals surface area contributed by atoms with Gasteiger partial charge in [0, 0.05) is 35.4 Å². The van der Waals surface area contributed by atoms with Gasteiger partial charge in [-0.1, -0.05) is 17.7 Å². The van der Waals surface area contributed by atoms with Crippen molar-refractivity contribution in [1.82, 2.24) is 9.62 Å². The van der Waals surface area contributed by atoms with E-state index in [1.807, 2.05) is 6.92 Å². The van der Waals surface area contributed by atoms with Crippen molar-refractivity contribution in [1.29, 1.82) is 0 Å². The van der Waals surface area contributed by atoms with E-state index in [1.165, 1.54) is 28.6 Å². The van der Waals surface area contributed by atoms with Crippen LogP contribution in [0.3, 0.4) is 0 Å². The largest absolute Gasteiger partial charge is 0.349 e. The molecule has 2 aromatic rings. The lowest BCUT2D eigenvalue weighted by Gasteiger charge is -2.31. The summed E-state index contributed by atoms with van der Waals surface area (Å²) in [7, 11) is -3.71. The van der Waals surface area contributed by atoms with Gasteiger partial charge in [0.05, 0.1) is 10.8 Å². The van der Waals surface area contributed by atoms with Gasteiger partial charge < -0.3 is 10.6 Å². The van der Waals surface area contributed by atoms with Crippen LogP contribution in [0.25, 0.3) is 0 Å². The number of carbonyl (C=O) groups is 2. The molecule has 0 spiro atoms. The molecule has 32 heavy (non-hydrogen) atoms. The number of rotatable bonds is 6. The predicted octanol–water partition coefficient (Wildman–Crippen LogP) is 3.58. The van der Waals surface area contributed by atoms with Gasteiger partial charge in [0.1, 0.15) is 0 Å². The highest BCUT2D eigenvalue weighted by molar-refractivity contribution is 7.89. The third-order valence-electron chi connectivity index (χ3n) is 5.88. The number of halogens is 1. The fourth-order valence-corrected chi connectivity index (χ4v) is 5.41. The standard InChI is InChI=1S/C23H26ClN3O4S/c1-15-4-5-16(22(28)25-19-8-9-19)13-21(15)26-23(29)17-3-2-12-27(14-17)32(30,31)20-10-6-18(24)7-11-20/h4-7,10-11,13,17,19H,2-3,8-9,12,14H2,1H3,(H,25,28)(H,26,29). The van der Waals surface area contributed by atoms with Crippen LogP contribution in [0.5, 0.6) is 0 Å². The smallest absolute Gasteiger partial charge is 0.251 e. The Morgan fingerprint density at radius 1 is 1.06 bits per heavy atom. The maximum atomic E-state index is 13.0. The molecule has 2 aliphatic rings. The van der Waals surface area contributed by atoms with E-state index in [2.05, 4.69) is 10.6 Å². The molecule has 9 heteroatoms. The van der Waals surface area contributed by atoms with Crippen LogP contribution in [0.15, 0.2) is 47.4 Å². The molecule has 2 aromatic carbocycles. The number of benzene rings is 2. The minimum absolute atomic E-state index is 0.109. The van der Waals surface area contributed by atoms with Crippen LogP contribution < -0.4 is 10.6 Å². The Morgan fingerprint density at radius 2 is 1.78 bits per heavy atom. The molecule has 1 saturated carbocycles. The number of hydrogen-bond donors (Lipinski definition) is 2. The average molecular weight is 476 g/mol. The van der Waals surface area contributed by atoms with Gasteiger partial charge in [-0.05, 0) is 74.6 Å². The number of hydrogen-bond acceptors (Lipinski definition) is 4. The zero-order chi connectivity index (χ0) is 22.9. The Kier molecular flexibility index (Phi) is 6.55. The molecular weight excluding hydrogens is 450 g/mol. The Morgan fingerprint density at radius 3 is 2.47 bits per heavy atom. The van der Waals surface area contributed by atoms with Crippen molar-refractivity contribution in [3.63, 3.8) is 0 Å². The fraction of sp³-hybridized carbons (Fsp3) is 0.391. The molecule has 0 radical (unpaired) electrons. The van der Waals surface area contributed by atoms with Crippen LogP contribution >= 0.6 is 11.6 Å². The summed E-state index contributed by atoms with van der Waals surface area (Å²) in [6, 6.07) is 11.5. The van der Waals surface area contributed by atoms with Gasteiger partial charge in [0.25, 0.3) is 5.91 Å². The van der Waals surface area contributed by atoms with Crippen LogP contribution in [-0.2, 0) is 14.8 Å².